The molecule has 17 heavy (non-hydrogen) atoms. The van der Waals surface area contributed by atoms with Gasteiger partial charge in [-0.15, -0.1) is 0 Å². The van der Waals surface area contributed by atoms with E-state index in [-0.39, 0.29) is 24.0 Å². The molecule has 0 saturated carbocycles. The minimum atomic E-state index is -3.56. The Labute approximate surface area is 118 Å². The molecule has 0 aliphatic heterocycles. The molecule has 96 valence electrons. The van der Waals surface area contributed by atoms with Crippen LogP contribution in [0.4, 0.5) is 0 Å². The Bertz CT molecular complexity index is 490. The lowest BCUT2D eigenvalue weighted by atomic mass is 10.2. The minimum absolute atomic E-state index is 0.0534. The summed E-state index contributed by atoms with van der Waals surface area (Å²) in [5, 5.41) is 8.85. The van der Waals surface area contributed by atoms with Gasteiger partial charge in [0.1, 0.15) is 0 Å². The summed E-state index contributed by atoms with van der Waals surface area (Å²) >= 11 is 6.43. The number of benzene rings is 1. The molecule has 0 aliphatic rings. The summed E-state index contributed by atoms with van der Waals surface area (Å²) in [6.45, 7) is 1.92. The van der Waals surface area contributed by atoms with Crippen molar-refractivity contribution < 1.29 is 13.5 Å². The fourth-order valence-corrected chi connectivity index (χ4v) is 3.74. The summed E-state index contributed by atoms with van der Waals surface area (Å²) in [5.74, 6) is -0.115. The maximum Gasteiger partial charge on any atom is 0.241 e. The molecular formula is C10H13Br2NO3S. The van der Waals surface area contributed by atoms with Gasteiger partial charge in [0.2, 0.25) is 10.0 Å². The highest BCUT2D eigenvalue weighted by Crippen LogP contribution is 2.25. The van der Waals surface area contributed by atoms with Crippen LogP contribution >= 0.6 is 31.9 Å². The molecule has 1 aromatic carbocycles. The first-order valence-corrected chi connectivity index (χ1v) is 7.99. The van der Waals surface area contributed by atoms with Crippen molar-refractivity contribution in [3.8, 4) is 0 Å². The third-order valence-corrected chi connectivity index (χ3v) is 5.03. The SMILES string of the molecule is CC(CO)CNS(=O)(=O)c1cc(Br)ccc1Br. The number of halogens is 2. The van der Waals surface area contributed by atoms with E-state index in [0.29, 0.717) is 8.95 Å². The van der Waals surface area contributed by atoms with Crippen LogP contribution in [0, 0.1) is 5.92 Å². The van der Waals surface area contributed by atoms with Crippen LogP contribution in [-0.4, -0.2) is 26.7 Å². The standard InChI is InChI=1S/C10H13Br2NO3S/c1-7(6-14)5-13-17(15,16)10-4-8(11)2-3-9(10)12/h2-4,7,13-14H,5-6H2,1H3. The molecule has 2 N–H and O–H groups in total. The van der Waals surface area contributed by atoms with Crippen LogP contribution in [0.25, 0.3) is 0 Å². The quantitative estimate of drug-likeness (QED) is 0.814. The number of rotatable bonds is 5. The van der Waals surface area contributed by atoms with Gasteiger partial charge >= 0.3 is 0 Å². The van der Waals surface area contributed by atoms with E-state index in [1.165, 1.54) is 6.07 Å². The van der Waals surface area contributed by atoms with E-state index in [2.05, 4.69) is 36.6 Å². The third kappa shape index (κ3) is 4.33. The van der Waals surface area contributed by atoms with Crippen molar-refractivity contribution in [3.05, 3.63) is 27.1 Å². The lowest BCUT2D eigenvalue weighted by molar-refractivity contribution is 0.238. The summed E-state index contributed by atoms with van der Waals surface area (Å²) in [7, 11) is -3.56. The van der Waals surface area contributed by atoms with Crippen molar-refractivity contribution in [3.63, 3.8) is 0 Å². The summed E-state index contributed by atoms with van der Waals surface area (Å²) in [5.41, 5.74) is 0. The number of nitrogens with one attached hydrogen (secondary N) is 1. The molecule has 0 saturated heterocycles. The molecule has 1 unspecified atom stereocenters. The molecular weight excluding hydrogens is 374 g/mol. The van der Waals surface area contributed by atoms with Crippen LogP contribution in [0.3, 0.4) is 0 Å². The van der Waals surface area contributed by atoms with Gasteiger partial charge in [0.05, 0.1) is 4.90 Å². The number of hydrogen-bond acceptors (Lipinski definition) is 3. The van der Waals surface area contributed by atoms with Gasteiger partial charge in [0.15, 0.2) is 0 Å². The Hall–Kier alpha value is 0.0500. The molecule has 1 atom stereocenters. The van der Waals surface area contributed by atoms with Gasteiger partial charge in [-0.1, -0.05) is 22.9 Å². The van der Waals surface area contributed by atoms with Crippen molar-refractivity contribution in [2.75, 3.05) is 13.2 Å². The van der Waals surface area contributed by atoms with Gasteiger partial charge in [0.25, 0.3) is 0 Å². The zero-order valence-electron chi connectivity index (χ0n) is 9.15. The molecule has 0 aromatic heterocycles. The normalized spacial score (nSPS) is 13.6. The first-order chi connectivity index (χ1) is 7.86. The summed E-state index contributed by atoms with van der Waals surface area (Å²) in [6.07, 6.45) is 0. The van der Waals surface area contributed by atoms with E-state index in [1.54, 1.807) is 19.1 Å². The molecule has 0 amide bonds. The van der Waals surface area contributed by atoms with Crippen LogP contribution in [0.1, 0.15) is 6.92 Å². The lowest BCUT2D eigenvalue weighted by Crippen LogP contribution is -2.29. The van der Waals surface area contributed by atoms with Gasteiger partial charge in [0, 0.05) is 22.1 Å². The molecule has 4 nitrogen and oxygen atoms in total. The molecule has 1 rings (SSSR count). The number of sulfonamides is 1. The molecule has 0 spiro atoms. The molecule has 0 radical (unpaired) electrons. The zero-order valence-corrected chi connectivity index (χ0v) is 13.1. The van der Waals surface area contributed by atoms with E-state index in [9.17, 15) is 8.42 Å². The topological polar surface area (TPSA) is 66.4 Å². The average molecular weight is 387 g/mol. The van der Waals surface area contributed by atoms with Crippen molar-refractivity contribution in [1.29, 1.82) is 0 Å². The van der Waals surface area contributed by atoms with E-state index in [0.717, 1.165) is 0 Å². The van der Waals surface area contributed by atoms with Crippen molar-refractivity contribution in [2.45, 2.75) is 11.8 Å². The van der Waals surface area contributed by atoms with Crippen LogP contribution < -0.4 is 4.72 Å². The largest absolute Gasteiger partial charge is 0.396 e. The molecule has 1 aromatic rings. The average Bonchev–Trinajstić information content (AvgIpc) is 2.29. The zero-order chi connectivity index (χ0) is 13.1. The van der Waals surface area contributed by atoms with Crippen LogP contribution in [0.5, 0.6) is 0 Å². The fraction of sp³-hybridized carbons (Fsp3) is 0.400. The summed E-state index contributed by atoms with van der Waals surface area (Å²) in [6, 6.07) is 4.93. The van der Waals surface area contributed by atoms with E-state index >= 15 is 0 Å². The number of aliphatic hydroxyl groups excluding tert-OH is 1. The molecule has 0 fully saturated rings. The van der Waals surface area contributed by atoms with Gasteiger partial charge < -0.3 is 5.11 Å². The molecule has 0 aliphatic carbocycles. The first-order valence-electron chi connectivity index (χ1n) is 4.92. The number of aliphatic hydroxyl groups is 1. The van der Waals surface area contributed by atoms with Gasteiger partial charge in [-0.2, -0.15) is 0 Å². The summed E-state index contributed by atoms with van der Waals surface area (Å²) < 4.78 is 27.6. The van der Waals surface area contributed by atoms with Crippen LogP contribution in [0.15, 0.2) is 32.0 Å². The summed E-state index contributed by atoms with van der Waals surface area (Å²) in [4.78, 5) is 0.178. The Balaban J connectivity index is 2.93. The van der Waals surface area contributed by atoms with Gasteiger partial charge in [-0.25, -0.2) is 13.1 Å². The highest BCUT2D eigenvalue weighted by Gasteiger charge is 2.18. The minimum Gasteiger partial charge on any atom is -0.396 e. The van der Waals surface area contributed by atoms with Gasteiger partial charge in [-0.3, -0.25) is 0 Å². The Morgan fingerprint density at radius 1 is 1.41 bits per heavy atom. The lowest BCUT2D eigenvalue weighted by Gasteiger charge is -2.11. The third-order valence-electron chi connectivity index (χ3n) is 2.12. The second-order valence-electron chi connectivity index (χ2n) is 3.71. The van der Waals surface area contributed by atoms with Crippen molar-refractivity contribution in [2.24, 2.45) is 5.92 Å². The maximum atomic E-state index is 12.0. The second-order valence-corrected chi connectivity index (χ2v) is 7.22. The van der Waals surface area contributed by atoms with Crippen LogP contribution in [-0.2, 0) is 10.0 Å². The predicted molar refractivity (Wildman–Crippen MR) is 73.3 cm³/mol. The molecule has 0 heterocycles. The Morgan fingerprint density at radius 2 is 2.06 bits per heavy atom. The maximum absolute atomic E-state index is 12.0. The number of hydrogen-bond donors (Lipinski definition) is 2. The smallest absolute Gasteiger partial charge is 0.241 e. The first kappa shape index (κ1) is 15.1. The highest BCUT2D eigenvalue weighted by atomic mass is 79.9. The predicted octanol–water partition coefficient (Wildman–Crippen LogP) is 2.12. The molecule has 0 bridgehead atoms. The second kappa shape index (κ2) is 6.29. The fourth-order valence-electron chi connectivity index (χ4n) is 1.08. The van der Waals surface area contributed by atoms with E-state index < -0.39 is 10.0 Å². The van der Waals surface area contributed by atoms with Crippen molar-refractivity contribution >= 4 is 41.9 Å². The Morgan fingerprint density at radius 3 is 2.65 bits per heavy atom. The van der Waals surface area contributed by atoms with Crippen LogP contribution in [0.2, 0.25) is 0 Å². The molecule has 7 heteroatoms. The monoisotopic (exact) mass is 385 g/mol. The Kier molecular flexibility index (Phi) is 5.59. The van der Waals surface area contributed by atoms with Crippen molar-refractivity contribution in [1.82, 2.24) is 4.72 Å². The van der Waals surface area contributed by atoms with Gasteiger partial charge in [-0.05, 0) is 40.0 Å². The van der Waals surface area contributed by atoms with E-state index in [4.69, 9.17) is 5.11 Å². The highest BCUT2D eigenvalue weighted by molar-refractivity contribution is 9.11. The van der Waals surface area contributed by atoms with E-state index in [1.807, 2.05) is 0 Å².